The number of rotatable bonds is 6. The lowest BCUT2D eigenvalue weighted by Gasteiger charge is -2.18. The number of likely N-dealkylation sites (N-methyl/N-ethyl adjacent to an activating group) is 1. The lowest BCUT2D eigenvalue weighted by atomic mass is 10.2. The standard InChI is InChI=1S/C17H25N3O2/c1-13-7-9-15(10-8-13)19-17(22)12-20(2)11-16(21)18-14-5-3-4-6-14/h7-10,14H,3-6,11-12H2,1-2H3,(H,18,21)(H,19,22). The van der Waals surface area contributed by atoms with Gasteiger partial charge < -0.3 is 10.6 Å². The number of amides is 2. The first-order valence-corrected chi connectivity index (χ1v) is 7.87. The molecule has 5 nitrogen and oxygen atoms in total. The van der Waals surface area contributed by atoms with Gasteiger partial charge in [0.1, 0.15) is 0 Å². The Balaban J connectivity index is 1.71. The highest BCUT2D eigenvalue weighted by atomic mass is 16.2. The Morgan fingerprint density at radius 2 is 1.68 bits per heavy atom. The molecule has 0 heterocycles. The van der Waals surface area contributed by atoms with Gasteiger partial charge in [0, 0.05) is 11.7 Å². The molecule has 22 heavy (non-hydrogen) atoms. The summed E-state index contributed by atoms with van der Waals surface area (Å²) in [7, 11) is 1.78. The number of carbonyl (C=O) groups excluding carboxylic acids is 2. The van der Waals surface area contributed by atoms with Crippen LogP contribution in [-0.2, 0) is 9.59 Å². The fraction of sp³-hybridized carbons (Fsp3) is 0.529. The van der Waals surface area contributed by atoms with Crippen LogP contribution in [0.15, 0.2) is 24.3 Å². The second-order valence-corrected chi connectivity index (χ2v) is 6.14. The van der Waals surface area contributed by atoms with Crippen molar-refractivity contribution in [3.8, 4) is 0 Å². The molecule has 5 heteroatoms. The Kier molecular flexibility index (Phi) is 5.95. The Morgan fingerprint density at radius 3 is 2.32 bits per heavy atom. The number of nitrogens with zero attached hydrogens (tertiary/aromatic N) is 1. The molecule has 2 N–H and O–H groups in total. The molecule has 0 bridgehead atoms. The Labute approximate surface area is 132 Å². The van der Waals surface area contributed by atoms with Crippen molar-refractivity contribution in [2.45, 2.75) is 38.6 Å². The summed E-state index contributed by atoms with van der Waals surface area (Å²) in [5.41, 5.74) is 1.93. The molecule has 0 aromatic heterocycles. The molecule has 1 aromatic carbocycles. The Hall–Kier alpha value is -1.88. The molecule has 0 aliphatic heterocycles. The zero-order valence-electron chi connectivity index (χ0n) is 13.4. The predicted octanol–water partition coefficient (Wildman–Crippen LogP) is 1.92. The minimum absolute atomic E-state index is 0.00228. The van der Waals surface area contributed by atoms with E-state index in [0.717, 1.165) is 24.1 Å². The second-order valence-electron chi connectivity index (χ2n) is 6.14. The molecule has 1 saturated carbocycles. The molecule has 0 radical (unpaired) electrons. The van der Waals surface area contributed by atoms with Crippen LogP contribution in [-0.4, -0.2) is 42.9 Å². The van der Waals surface area contributed by atoms with Gasteiger partial charge in [-0.25, -0.2) is 0 Å². The van der Waals surface area contributed by atoms with E-state index in [-0.39, 0.29) is 24.9 Å². The second kappa shape index (κ2) is 7.94. The van der Waals surface area contributed by atoms with Gasteiger partial charge >= 0.3 is 0 Å². The first-order valence-electron chi connectivity index (χ1n) is 7.87. The summed E-state index contributed by atoms with van der Waals surface area (Å²) >= 11 is 0. The molecule has 0 atom stereocenters. The van der Waals surface area contributed by atoms with Crippen LogP contribution in [0.25, 0.3) is 0 Å². The monoisotopic (exact) mass is 303 g/mol. The van der Waals surface area contributed by atoms with Crippen LogP contribution in [0.2, 0.25) is 0 Å². The number of benzene rings is 1. The molecule has 120 valence electrons. The van der Waals surface area contributed by atoms with Gasteiger partial charge in [-0.2, -0.15) is 0 Å². The molecule has 0 unspecified atom stereocenters. The summed E-state index contributed by atoms with van der Waals surface area (Å²) in [5, 5.41) is 5.86. The van der Waals surface area contributed by atoms with Crippen molar-refractivity contribution in [3.63, 3.8) is 0 Å². The zero-order valence-corrected chi connectivity index (χ0v) is 13.4. The van der Waals surface area contributed by atoms with E-state index in [2.05, 4.69) is 10.6 Å². The van der Waals surface area contributed by atoms with Crippen LogP contribution in [0.4, 0.5) is 5.69 Å². The van der Waals surface area contributed by atoms with E-state index in [9.17, 15) is 9.59 Å². The topological polar surface area (TPSA) is 61.4 Å². The number of hydrogen-bond acceptors (Lipinski definition) is 3. The normalized spacial score (nSPS) is 15.0. The van der Waals surface area contributed by atoms with Gasteiger partial charge in [-0.1, -0.05) is 30.5 Å². The molecule has 2 amide bonds. The molecule has 0 spiro atoms. The van der Waals surface area contributed by atoms with Gasteiger partial charge in [-0.05, 0) is 38.9 Å². The summed E-state index contributed by atoms with van der Waals surface area (Å²) in [5.74, 6) is -0.113. The van der Waals surface area contributed by atoms with Crippen molar-refractivity contribution < 1.29 is 9.59 Å². The third-order valence-electron chi connectivity index (χ3n) is 3.88. The third kappa shape index (κ3) is 5.48. The molecule has 1 aliphatic carbocycles. The molecule has 1 aromatic rings. The van der Waals surface area contributed by atoms with E-state index in [0.29, 0.717) is 6.04 Å². The van der Waals surface area contributed by atoms with Gasteiger partial charge in [0.15, 0.2) is 0 Å². The highest BCUT2D eigenvalue weighted by molar-refractivity contribution is 5.92. The fourth-order valence-corrected chi connectivity index (χ4v) is 2.73. The predicted molar refractivity (Wildman–Crippen MR) is 87.7 cm³/mol. The number of anilines is 1. The van der Waals surface area contributed by atoms with Crippen molar-refractivity contribution in [2.24, 2.45) is 0 Å². The van der Waals surface area contributed by atoms with Crippen LogP contribution in [0.5, 0.6) is 0 Å². The highest BCUT2D eigenvalue weighted by Gasteiger charge is 2.18. The SMILES string of the molecule is Cc1ccc(NC(=O)CN(C)CC(=O)NC2CCCC2)cc1. The van der Waals surface area contributed by atoms with Crippen molar-refractivity contribution in [1.29, 1.82) is 0 Å². The van der Waals surface area contributed by atoms with Gasteiger partial charge in [0.05, 0.1) is 13.1 Å². The lowest BCUT2D eigenvalue weighted by Crippen LogP contribution is -2.42. The zero-order chi connectivity index (χ0) is 15.9. The van der Waals surface area contributed by atoms with Crippen LogP contribution in [0.3, 0.4) is 0 Å². The smallest absolute Gasteiger partial charge is 0.238 e. The van der Waals surface area contributed by atoms with E-state index in [1.165, 1.54) is 12.8 Å². The van der Waals surface area contributed by atoms with Crippen molar-refractivity contribution in [1.82, 2.24) is 10.2 Å². The van der Waals surface area contributed by atoms with Crippen LogP contribution in [0.1, 0.15) is 31.2 Å². The summed E-state index contributed by atoms with van der Waals surface area (Å²) in [6.07, 6.45) is 4.53. The van der Waals surface area contributed by atoms with E-state index >= 15 is 0 Å². The maximum Gasteiger partial charge on any atom is 0.238 e. The van der Waals surface area contributed by atoms with Gasteiger partial charge in [0.2, 0.25) is 11.8 Å². The van der Waals surface area contributed by atoms with Gasteiger partial charge in [0.25, 0.3) is 0 Å². The van der Waals surface area contributed by atoms with Gasteiger partial charge in [-0.15, -0.1) is 0 Å². The molecule has 1 aliphatic rings. The minimum atomic E-state index is -0.111. The van der Waals surface area contributed by atoms with Crippen LogP contribution >= 0.6 is 0 Å². The average molecular weight is 303 g/mol. The Morgan fingerprint density at radius 1 is 1.09 bits per heavy atom. The largest absolute Gasteiger partial charge is 0.352 e. The highest BCUT2D eigenvalue weighted by Crippen LogP contribution is 2.17. The number of nitrogens with one attached hydrogen (secondary N) is 2. The molecule has 2 rings (SSSR count). The maximum absolute atomic E-state index is 11.9. The molecule has 0 saturated heterocycles. The number of carbonyl (C=O) groups is 2. The number of hydrogen-bond donors (Lipinski definition) is 2. The number of aryl methyl sites for hydroxylation is 1. The Bertz CT molecular complexity index is 507. The first-order chi connectivity index (χ1) is 10.5. The van der Waals surface area contributed by atoms with Crippen molar-refractivity contribution >= 4 is 17.5 Å². The summed E-state index contributed by atoms with van der Waals surface area (Å²) in [4.78, 5) is 25.6. The lowest BCUT2D eigenvalue weighted by molar-refractivity contribution is -0.123. The van der Waals surface area contributed by atoms with E-state index < -0.39 is 0 Å². The minimum Gasteiger partial charge on any atom is -0.352 e. The van der Waals surface area contributed by atoms with Gasteiger partial charge in [-0.3, -0.25) is 14.5 Å². The van der Waals surface area contributed by atoms with Crippen LogP contribution in [0, 0.1) is 6.92 Å². The summed E-state index contributed by atoms with van der Waals surface area (Å²) in [6, 6.07) is 7.98. The van der Waals surface area contributed by atoms with Crippen molar-refractivity contribution in [3.05, 3.63) is 29.8 Å². The molecular formula is C17H25N3O2. The van der Waals surface area contributed by atoms with E-state index in [1.54, 1.807) is 11.9 Å². The van der Waals surface area contributed by atoms with E-state index in [4.69, 9.17) is 0 Å². The van der Waals surface area contributed by atoms with E-state index in [1.807, 2.05) is 31.2 Å². The first kappa shape index (κ1) is 16.5. The van der Waals surface area contributed by atoms with Crippen molar-refractivity contribution in [2.75, 3.05) is 25.5 Å². The molecule has 1 fully saturated rings. The summed E-state index contributed by atoms with van der Waals surface area (Å²) < 4.78 is 0. The maximum atomic E-state index is 11.9. The third-order valence-corrected chi connectivity index (χ3v) is 3.88. The van der Waals surface area contributed by atoms with Crippen LogP contribution < -0.4 is 10.6 Å². The average Bonchev–Trinajstić information content (AvgIpc) is 2.93. The quantitative estimate of drug-likeness (QED) is 0.844. The summed E-state index contributed by atoms with van der Waals surface area (Å²) in [6.45, 7) is 2.45. The fourth-order valence-electron chi connectivity index (χ4n) is 2.73. The molecular weight excluding hydrogens is 278 g/mol.